The lowest BCUT2D eigenvalue weighted by atomic mass is 9.76. The van der Waals surface area contributed by atoms with Crippen molar-refractivity contribution >= 4 is 5.97 Å². The summed E-state index contributed by atoms with van der Waals surface area (Å²) in [5.41, 5.74) is 3.03. The van der Waals surface area contributed by atoms with Crippen molar-refractivity contribution in [1.82, 2.24) is 0 Å². The van der Waals surface area contributed by atoms with Crippen molar-refractivity contribution in [3.63, 3.8) is 0 Å². The molecule has 0 aliphatic heterocycles. The van der Waals surface area contributed by atoms with E-state index in [9.17, 15) is 4.79 Å². The first-order chi connectivity index (χ1) is 8.37. The van der Waals surface area contributed by atoms with Crippen molar-refractivity contribution < 1.29 is 9.53 Å². The largest absolute Gasteiger partial charge is 0.461 e. The topological polar surface area (TPSA) is 26.3 Å². The lowest BCUT2D eigenvalue weighted by Crippen LogP contribution is -2.20. The Morgan fingerprint density at radius 1 is 1.56 bits per heavy atom. The zero-order valence-electron chi connectivity index (χ0n) is 12.4. The Bertz CT molecular complexity index is 361. The fourth-order valence-electron chi connectivity index (χ4n) is 2.40. The normalized spacial score (nSPS) is 22.8. The van der Waals surface area contributed by atoms with Crippen LogP contribution in [0.1, 0.15) is 53.9 Å². The van der Waals surface area contributed by atoms with Crippen molar-refractivity contribution in [2.45, 2.75) is 53.9 Å². The molecule has 0 fully saturated rings. The van der Waals surface area contributed by atoms with Crippen LogP contribution in [0, 0.1) is 11.3 Å². The molecule has 2 nitrogen and oxygen atoms in total. The van der Waals surface area contributed by atoms with Gasteiger partial charge in [0.15, 0.2) is 0 Å². The van der Waals surface area contributed by atoms with Crippen LogP contribution in [0.3, 0.4) is 0 Å². The third-order valence-corrected chi connectivity index (χ3v) is 4.35. The van der Waals surface area contributed by atoms with E-state index in [0.29, 0.717) is 17.9 Å². The second-order valence-corrected chi connectivity index (χ2v) is 5.77. The molecule has 0 N–H and O–H groups in total. The van der Waals surface area contributed by atoms with E-state index in [1.807, 2.05) is 0 Å². The predicted molar refractivity (Wildman–Crippen MR) is 75.3 cm³/mol. The number of hydrogen-bond donors (Lipinski definition) is 0. The van der Waals surface area contributed by atoms with Gasteiger partial charge in [-0.25, -0.2) is 0 Å². The molecule has 0 bridgehead atoms. The van der Waals surface area contributed by atoms with E-state index in [0.717, 1.165) is 12.8 Å². The number of ether oxygens (including phenoxy) is 1. The first-order valence-corrected chi connectivity index (χ1v) is 6.86. The summed E-state index contributed by atoms with van der Waals surface area (Å²) in [6.45, 7) is 10.9. The van der Waals surface area contributed by atoms with Crippen LogP contribution in [0.2, 0.25) is 0 Å². The number of hydrogen-bond acceptors (Lipinski definition) is 2. The third-order valence-electron chi connectivity index (χ3n) is 4.35. The van der Waals surface area contributed by atoms with Gasteiger partial charge in [-0.05, 0) is 43.1 Å². The molecule has 0 amide bonds. The van der Waals surface area contributed by atoms with Crippen molar-refractivity contribution in [3.8, 4) is 0 Å². The van der Waals surface area contributed by atoms with Crippen molar-refractivity contribution in [2.75, 3.05) is 6.61 Å². The summed E-state index contributed by atoms with van der Waals surface area (Å²) in [5.74, 6) is 0.476. The van der Waals surface area contributed by atoms with E-state index < -0.39 is 0 Å². The van der Waals surface area contributed by atoms with E-state index in [2.05, 4.69) is 39.8 Å². The van der Waals surface area contributed by atoms with E-state index in [1.54, 1.807) is 0 Å². The molecule has 0 aromatic carbocycles. The summed E-state index contributed by atoms with van der Waals surface area (Å²) in [7, 11) is 0. The summed E-state index contributed by atoms with van der Waals surface area (Å²) in [6, 6.07) is 0. The molecule has 2 heteroatoms. The highest BCUT2D eigenvalue weighted by Gasteiger charge is 2.33. The standard InChI is InChI=1S/C16H26O2/c1-6-14(11-18-13(3)17)8-10-15-9-7-12(2)16(15,4)5/h7-8,15H,6,9-11H2,1-5H3/b14-8+. The molecule has 0 radical (unpaired) electrons. The van der Waals surface area contributed by atoms with Gasteiger partial charge in [-0.2, -0.15) is 0 Å². The minimum absolute atomic E-state index is 0.201. The number of carbonyl (C=O) groups excluding carboxylic acids is 1. The van der Waals surface area contributed by atoms with E-state index in [4.69, 9.17) is 4.74 Å². The molecule has 18 heavy (non-hydrogen) atoms. The summed E-state index contributed by atoms with van der Waals surface area (Å²) >= 11 is 0. The highest BCUT2D eigenvalue weighted by Crippen LogP contribution is 2.44. The van der Waals surface area contributed by atoms with Gasteiger partial charge in [-0.3, -0.25) is 4.79 Å². The van der Waals surface area contributed by atoms with Gasteiger partial charge in [0.25, 0.3) is 0 Å². The lowest BCUT2D eigenvalue weighted by Gasteiger charge is -2.29. The molecule has 0 saturated carbocycles. The molecule has 1 atom stereocenters. The zero-order valence-corrected chi connectivity index (χ0v) is 12.4. The van der Waals surface area contributed by atoms with Gasteiger partial charge in [0.1, 0.15) is 6.61 Å². The van der Waals surface area contributed by atoms with Crippen LogP contribution in [0.15, 0.2) is 23.3 Å². The Kier molecular flexibility index (Phi) is 5.18. The molecule has 1 rings (SSSR count). The fourth-order valence-corrected chi connectivity index (χ4v) is 2.40. The fraction of sp³-hybridized carbons (Fsp3) is 0.688. The first kappa shape index (κ1) is 15.0. The van der Waals surface area contributed by atoms with E-state index in [-0.39, 0.29) is 5.97 Å². The van der Waals surface area contributed by atoms with Gasteiger partial charge < -0.3 is 4.74 Å². The zero-order chi connectivity index (χ0) is 13.8. The predicted octanol–water partition coefficient (Wildman–Crippen LogP) is 4.27. The van der Waals surface area contributed by atoms with Gasteiger partial charge >= 0.3 is 5.97 Å². The van der Waals surface area contributed by atoms with E-state index >= 15 is 0 Å². The van der Waals surface area contributed by atoms with Gasteiger partial charge in [0.2, 0.25) is 0 Å². The molecule has 102 valence electrons. The van der Waals surface area contributed by atoms with Gasteiger partial charge in [0.05, 0.1) is 0 Å². The molecular weight excluding hydrogens is 224 g/mol. The smallest absolute Gasteiger partial charge is 0.302 e. The third kappa shape index (κ3) is 3.72. The molecule has 1 aliphatic rings. The Morgan fingerprint density at radius 3 is 2.67 bits per heavy atom. The maximum absolute atomic E-state index is 10.8. The Morgan fingerprint density at radius 2 is 2.22 bits per heavy atom. The molecule has 0 spiro atoms. The summed E-state index contributed by atoms with van der Waals surface area (Å²) in [4.78, 5) is 10.8. The summed E-state index contributed by atoms with van der Waals surface area (Å²) < 4.78 is 5.06. The molecule has 0 heterocycles. The molecular formula is C16H26O2. The first-order valence-electron chi connectivity index (χ1n) is 6.86. The highest BCUT2D eigenvalue weighted by atomic mass is 16.5. The molecule has 1 aliphatic carbocycles. The molecule has 1 unspecified atom stereocenters. The quantitative estimate of drug-likeness (QED) is 0.538. The van der Waals surface area contributed by atoms with Crippen molar-refractivity contribution in [3.05, 3.63) is 23.3 Å². The monoisotopic (exact) mass is 250 g/mol. The van der Waals surface area contributed by atoms with E-state index in [1.165, 1.54) is 24.5 Å². The maximum Gasteiger partial charge on any atom is 0.302 e. The van der Waals surface area contributed by atoms with Crippen LogP contribution in [0.5, 0.6) is 0 Å². The SMILES string of the molecule is CC/C(=C\CC1CC=C(C)C1(C)C)COC(C)=O. The second kappa shape index (κ2) is 6.21. The Labute approximate surface area is 111 Å². The number of allylic oxidation sites excluding steroid dienone is 3. The summed E-state index contributed by atoms with van der Waals surface area (Å²) in [5, 5.41) is 0. The minimum Gasteiger partial charge on any atom is -0.461 e. The van der Waals surface area contributed by atoms with Crippen LogP contribution < -0.4 is 0 Å². The number of carbonyl (C=O) groups is 1. The van der Waals surface area contributed by atoms with Gasteiger partial charge in [0, 0.05) is 6.92 Å². The average Bonchev–Trinajstić information content (AvgIpc) is 2.55. The second-order valence-electron chi connectivity index (χ2n) is 5.77. The van der Waals surface area contributed by atoms with Crippen LogP contribution in [-0.4, -0.2) is 12.6 Å². The molecule has 0 aromatic rings. The lowest BCUT2D eigenvalue weighted by molar-refractivity contribution is -0.140. The van der Waals surface area contributed by atoms with Gasteiger partial charge in [-0.1, -0.05) is 38.5 Å². The average molecular weight is 250 g/mol. The van der Waals surface area contributed by atoms with Crippen molar-refractivity contribution in [2.24, 2.45) is 11.3 Å². The molecule has 0 saturated heterocycles. The van der Waals surface area contributed by atoms with Crippen LogP contribution >= 0.6 is 0 Å². The number of rotatable bonds is 5. The van der Waals surface area contributed by atoms with Crippen LogP contribution in [0.4, 0.5) is 0 Å². The number of esters is 1. The van der Waals surface area contributed by atoms with Crippen LogP contribution in [0.25, 0.3) is 0 Å². The Balaban J connectivity index is 2.54. The van der Waals surface area contributed by atoms with Crippen LogP contribution in [-0.2, 0) is 9.53 Å². The van der Waals surface area contributed by atoms with Crippen molar-refractivity contribution in [1.29, 1.82) is 0 Å². The Hall–Kier alpha value is -1.05. The summed E-state index contributed by atoms with van der Waals surface area (Å²) in [6.07, 6.45) is 7.82. The molecule has 0 aromatic heterocycles. The van der Waals surface area contributed by atoms with Gasteiger partial charge in [-0.15, -0.1) is 0 Å². The maximum atomic E-state index is 10.8. The highest BCUT2D eigenvalue weighted by molar-refractivity contribution is 5.66. The minimum atomic E-state index is -0.201.